The van der Waals surface area contributed by atoms with E-state index < -0.39 is 5.97 Å². The molecule has 1 N–H and O–H groups in total. The first kappa shape index (κ1) is 9.39. The Morgan fingerprint density at radius 1 is 1.50 bits per heavy atom. The number of carboxylic acids is 1. The molecule has 3 rings (SSSR count). The second-order valence-electron chi connectivity index (χ2n) is 4.43. The third kappa shape index (κ3) is 1.38. The molecule has 0 spiro atoms. The van der Waals surface area contributed by atoms with Crippen molar-refractivity contribution in [1.82, 2.24) is 5.16 Å². The molecule has 0 radical (unpaired) electrons. The summed E-state index contributed by atoms with van der Waals surface area (Å²) in [4.78, 5) is 10.8. The first-order valence-electron chi connectivity index (χ1n) is 5.26. The lowest BCUT2D eigenvalue weighted by Crippen LogP contribution is -2.12. The zero-order valence-electron chi connectivity index (χ0n) is 8.64. The highest BCUT2D eigenvalue weighted by Gasteiger charge is 2.46. The Bertz CT molecular complexity index is 554. The van der Waals surface area contributed by atoms with E-state index in [0.717, 1.165) is 29.4 Å². The fraction of sp³-hybridized carbons (Fsp3) is 0.333. The molecule has 0 bridgehead atoms. The van der Waals surface area contributed by atoms with Crippen molar-refractivity contribution in [3.63, 3.8) is 0 Å². The summed E-state index contributed by atoms with van der Waals surface area (Å²) >= 11 is 0. The zero-order valence-corrected chi connectivity index (χ0v) is 8.64. The van der Waals surface area contributed by atoms with E-state index in [4.69, 9.17) is 9.63 Å². The van der Waals surface area contributed by atoms with Crippen molar-refractivity contribution in [2.45, 2.75) is 24.7 Å². The summed E-state index contributed by atoms with van der Waals surface area (Å²) < 4.78 is 5.02. The van der Waals surface area contributed by atoms with Crippen LogP contribution < -0.4 is 0 Å². The molecule has 1 aromatic carbocycles. The molecule has 82 valence electrons. The second kappa shape index (κ2) is 3.07. The molecular formula is C12H11NO3. The Balaban J connectivity index is 2.02. The fourth-order valence-electron chi connectivity index (χ4n) is 2.21. The molecule has 1 aliphatic carbocycles. The largest absolute Gasteiger partial charge is 0.481 e. The van der Waals surface area contributed by atoms with Crippen LogP contribution in [0.2, 0.25) is 0 Å². The summed E-state index contributed by atoms with van der Waals surface area (Å²) in [7, 11) is 0. The minimum Gasteiger partial charge on any atom is -0.481 e. The molecule has 0 amide bonds. The highest BCUT2D eigenvalue weighted by molar-refractivity contribution is 5.78. The van der Waals surface area contributed by atoms with Crippen molar-refractivity contribution in [1.29, 1.82) is 0 Å². The average molecular weight is 217 g/mol. The lowest BCUT2D eigenvalue weighted by Gasteiger charge is -2.12. The number of hydrogen-bond donors (Lipinski definition) is 1. The van der Waals surface area contributed by atoms with Crippen LogP contribution in [0.15, 0.2) is 28.9 Å². The number of fused-ring (bicyclic) bond motifs is 1. The lowest BCUT2D eigenvalue weighted by molar-refractivity contribution is -0.137. The Morgan fingerprint density at radius 2 is 2.31 bits per heavy atom. The van der Waals surface area contributed by atoms with Crippen molar-refractivity contribution in [3.8, 4) is 0 Å². The maximum atomic E-state index is 10.8. The van der Waals surface area contributed by atoms with Crippen LogP contribution in [0.1, 0.15) is 24.8 Å². The summed E-state index contributed by atoms with van der Waals surface area (Å²) in [5, 5.41) is 13.5. The highest BCUT2D eigenvalue weighted by Crippen LogP contribution is 2.51. The molecule has 1 fully saturated rings. The summed E-state index contributed by atoms with van der Waals surface area (Å²) in [6.07, 6.45) is 3.78. The van der Waals surface area contributed by atoms with Gasteiger partial charge in [0.15, 0.2) is 5.58 Å². The van der Waals surface area contributed by atoms with Gasteiger partial charge in [0.2, 0.25) is 0 Å². The van der Waals surface area contributed by atoms with E-state index in [0.29, 0.717) is 0 Å². The van der Waals surface area contributed by atoms with E-state index in [1.165, 1.54) is 0 Å². The van der Waals surface area contributed by atoms with Gasteiger partial charge in [-0.2, -0.15) is 0 Å². The molecule has 0 unspecified atom stereocenters. The Kier molecular flexibility index (Phi) is 1.80. The maximum absolute atomic E-state index is 10.8. The van der Waals surface area contributed by atoms with E-state index >= 15 is 0 Å². The highest BCUT2D eigenvalue weighted by atomic mass is 16.5. The number of carbonyl (C=O) groups is 1. The van der Waals surface area contributed by atoms with Crippen LogP contribution in [0.4, 0.5) is 0 Å². The maximum Gasteiger partial charge on any atom is 0.304 e. The van der Waals surface area contributed by atoms with Crippen LogP contribution in [-0.4, -0.2) is 16.2 Å². The molecule has 1 saturated carbocycles. The predicted octanol–water partition coefficient (Wildman–Crippen LogP) is 2.33. The molecule has 16 heavy (non-hydrogen) atoms. The van der Waals surface area contributed by atoms with E-state index in [-0.39, 0.29) is 11.8 Å². The number of aromatic nitrogens is 1. The molecule has 0 atom stereocenters. The molecule has 1 aromatic heterocycles. The van der Waals surface area contributed by atoms with Crippen LogP contribution in [-0.2, 0) is 10.2 Å². The van der Waals surface area contributed by atoms with Gasteiger partial charge in [-0.1, -0.05) is 11.2 Å². The molecule has 4 nitrogen and oxygen atoms in total. The lowest BCUT2D eigenvalue weighted by atomic mass is 9.92. The minimum absolute atomic E-state index is 0.142. The normalized spacial score (nSPS) is 17.5. The summed E-state index contributed by atoms with van der Waals surface area (Å²) in [6.45, 7) is 0. The van der Waals surface area contributed by atoms with Gasteiger partial charge >= 0.3 is 5.97 Å². The molecule has 4 heteroatoms. The van der Waals surface area contributed by atoms with Gasteiger partial charge in [0.25, 0.3) is 0 Å². The number of aliphatic carboxylic acids is 1. The van der Waals surface area contributed by atoms with Gasteiger partial charge in [0, 0.05) is 10.8 Å². The van der Waals surface area contributed by atoms with Gasteiger partial charge in [-0.3, -0.25) is 4.79 Å². The molecule has 0 saturated heterocycles. The van der Waals surface area contributed by atoms with Crippen LogP contribution in [0.5, 0.6) is 0 Å². The van der Waals surface area contributed by atoms with E-state index in [9.17, 15) is 4.79 Å². The number of carboxylic acid groups (broad SMARTS) is 1. The van der Waals surface area contributed by atoms with Crippen molar-refractivity contribution < 1.29 is 14.4 Å². The van der Waals surface area contributed by atoms with Gasteiger partial charge in [-0.15, -0.1) is 0 Å². The van der Waals surface area contributed by atoms with Gasteiger partial charge < -0.3 is 9.63 Å². The summed E-state index contributed by atoms with van der Waals surface area (Å²) in [6, 6.07) is 5.80. The van der Waals surface area contributed by atoms with Gasteiger partial charge in [-0.05, 0) is 30.5 Å². The van der Waals surface area contributed by atoms with E-state index in [2.05, 4.69) is 5.16 Å². The molecular weight excluding hydrogens is 206 g/mol. The molecule has 2 aromatic rings. The van der Waals surface area contributed by atoms with Gasteiger partial charge in [0.1, 0.15) is 0 Å². The first-order chi connectivity index (χ1) is 7.70. The van der Waals surface area contributed by atoms with E-state index in [1.54, 1.807) is 6.20 Å². The minimum atomic E-state index is -0.733. The first-order valence-corrected chi connectivity index (χ1v) is 5.26. The topological polar surface area (TPSA) is 63.3 Å². The number of nitrogens with zero attached hydrogens (tertiary/aromatic N) is 1. The zero-order chi connectivity index (χ0) is 11.2. The Labute approximate surface area is 91.9 Å². The standard InChI is InChI=1S/C12H11NO3/c14-11(15)6-12(3-4-12)9-1-2-10-8(5-9)7-13-16-10/h1-2,5,7H,3-4,6H2,(H,14,15). The van der Waals surface area contributed by atoms with Crippen molar-refractivity contribution in [2.75, 3.05) is 0 Å². The molecule has 1 heterocycles. The van der Waals surface area contributed by atoms with Crippen LogP contribution in [0.3, 0.4) is 0 Å². The summed E-state index contributed by atoms with van der Waals surface area (Å²) in [5.74, 6) is -0.733. The van der Waals surface area contributed by atoms with Crippen LogP contribution in [0, 0.1) is 0 Å². The monoisotopic (exact) mass is 217 g/mol. The summed E-state index contributed by atoms with van der Waals surface area (Å²) in [5.41, 5.74) is 1.69. The fourth-order valence-corrected chi connectivity index (χ4v) is 2.21. The Hall–Kier alpha value is -1.84. The van der Waals surface area contributed by atoms with Gasteiger partial charge in [0.05, 0.1) is 12.6 Å². The van der Waals surface area contributed by atoms with Crippen molar-refractivity contribution >= 4 is 16.9 Å². The predicted molar refractivity (Wildman–Crippen MR) is 57.2 cm³/mol. The second-order valence-corrected chi connectivity index (χ2v) is 4.43. The third-order valence-corrected chi connectivity index (χ3v) is 3.31. The molecule has 0 aliphatic heterocycles. The van der Waals surface area contributed by atoms with Crippen LogP contribution in [0.25, 0.3) is 11.0 Å². The molecule has 1 aliphatic rings. The van der Waals surface area contributed by atoms with Crippen LogP contribution >= 0.6 is 0 Å². The van der Waals surface area contributed by atoms with E-state index in [1.807, 2.05) is 18.2 Å². The Morgan fingerprint density at radius 3 is 3.00 bits per heavy atom. The quantitative estimate of drug-likeness (QED) is 0.857. The smallest absolute Gasteiger partial charge is 0.304 e. The third-order valence-electron chi connectivity index (χ3n) is 3.31. The van der Waals surface area contributed by atoms with Crippen molar-refractivity contribution in [3.05, 3.63) is 30.0 Å². The average Bonchev–Trinajstić information content (AvgIpc) is 2.87. The number of benzene rings is 1. The van der Waals surface area contributed by atoms with Crippen molar-refractivity contribution in [2.24, 2.45) is 0 Å². The number of rotatable bonds is 3. The van der Waals surface area contributed by atoms with Gasteiger partial charge in [-0.25, -0.2) is 0 Å². The SMILES string of the molecule is O=C(O)CC1(c2ccc3oncc3c2)CC1. The number of hydrogen-bond acceptors (Lipinski definition) is 3.